The second kappa shape index (κ2) is 9.95. The molecule has 2 aromatic carbocycles. The Hall–Kier alpha value is -3.87. The Kier molecular flexibility index (Phi) is 6.82. The van der Waals surface area contributed by atoms with Crippen molar-refractivity contribution in [1.29, 1.82) is 0 Å². The number of carbonyl (C=O) groups excluding carboxylic acids is 3. The number of carbonyl (C=O) groups is 3. The normalized spacial score (nSPS) is 15.4. The number of aromatic nitrogens is 1. The summed E-state index contributed by atoms with van der Waals surface area (Å²) in [5.74, 6) is -1.05. The molecular weight excluding hydrogens is 432 g/mol. The van der Waals surface area contributed by atoms with Crippen LogP contribution in [0.5, 0.6) is 5.75 Å². The molecule has 2 heterocycles. The average molecular weight is 461 g/mol. The van der Waals surface area contributed by atoms with Crippen molar-refractivity contribution in [3.8, 4) is 5.75 Å². The molecule has 1 aliphatic heterocycles. The van der Waals surface area contributed by atoms with Gasteiger partial charge in [0.2, 0.25) is 11.7 Å². The van der Waals surface area contributed by atoms with E-state index in [0.29, 0.717) is 23.5 Å². The maximum absolute atomic E-state index is 12.9. The van der Waals surface area contributed by atoms with Crippen molar-refractivity contribution in [1.82, 2.24) is 4.57 Å². The van der Waals surface area contributed by atoms with Crippen molar-refractivity contribution in [2.24, 2.45) is 5.92 Å². The van der Waals surface area contributed by atoms with Crippen LogP contribution in [0.4, 0.5) is 5.69 Å². The Morgan fingerprint density at radius 3 is 2.47 bits per heavy atom. The highest BCUT2D eigenvalue weighted by atomic mass is 16.5. The summed E-state index contributed by atoms with van der Waals surface area (Å²) >= 11 is 0. The molecule has 0 aliphatic carbocycles. The quantitative estimate of drug-likeness (QED) is 0.376. The lowest BCUT2D eigenvalue weighted by Crippen LogP contribution is -2.27. The van der Waals surface area contributed by atoms with Gasteiger partial charge in [-0.15, -0.1) is 0 Å². The van der Waals surface area contributed by atoms with E-state index >= 15 is 0 Å². The summed E-state index contributed by atoms with van der Waals surface area (Å²) in [7, 11) is 1.54. The van der Waals surface area contributed by atoms with E-state index in [0.717, 1.165) is 17.0 Å². The molecule has 7 nitrogen and oxygen atoms in total. The number of aryl methyl sites for hydroxylation is 1. The summed E-state index contributed by atoms with van der Waals surface area (Å²) in [6.45, 7) is 4.35. The molecule has 0 saturated carbocycles. The second-order valence-electron chi connectivity index (χ2n) is 8.46. The van der Waals surface area contributed by atoms with Gasteiger partial charge >= 0.3 is 5.97 Å². The zero-order chi connectivity index (χ0) is 24.2. The number of hydrogen-bond donors (Lipinski definition) is 0. The van der Waals surface area contributed by atoms with E-state index < -0.39 is 11.9 Å². The highest BCUT2D eigenvalue weighted by Crippen LogP contribution is 2.33. The minimum atomic E-state index is -0.629. The van der Waals surface area contributed by atoms with Gasteiger partial charge in [0.05, 0.1) is 18.7 Å². The predicted octanol–water partition coefficient (Wildman–Crippen LogP) is 3.94. The Bertz CT molecular complexity index is 1220. The molecule has 0 radical (unpaired) electrons. The minimum absolute atomic E-state index is 0.0384. The molecule has 1 atom stereocenters. The Labute approximate surface area is 198 Å². The molecule has 34 heavy (non-hydrogen) atoms. The van der Waals surface area contributed by atoms with E-state index in [1.807, 2.05) is 62.4 Å². The standard InChI is InChI=1S/C27H28N2O5/c1-18-13-22(19(2)28(18)15-20-9-5-4-6-10-20)24(30)17-34-27(32)21-14-26(31)29(16-21)23-11-7-8-12-25(23)33-3/h4-13,21H,14-17H2,1-3H3/t21-/m0/s1. The van der Waals surface area contributed by atoms with Gasteiger partial charge < -0.3 is 18.9 Å². The van der Waals surface area contributed by atoms with Crippen LogP contribution >= 0.6 is 0 Å². The van der Waals surface area contributed by atoms with E-state index in [1.165, 1.54) is 12.0 Å². The van der Waals surface area contributed by atoms with Crippen LogP contribution in [0.25, 0.3) is 0 Å². The number of ether oxygens (including phenoxy) is 2. The number of esters is 1. The van der Waals surface area contributed by atoms with Gasteiger partial charge in [0.15, 0.2) is 6.61 Å². The zero-order valence-electron chi connectivity index (χ0n) is 19.6. The summed E-state index contributed by atoms with van der Waals surface area (Å²) < 4.78 is 12.8. The van der Waals surface area contributed by atoms with E-state index in [-0.39, 0.29) is 31.3 Å². The summed E-state index contributed by atoms with van der Waals surface area (Å²) in [5.41, 5.74) is 4.09. The number of amides is 1. The molecule has 7 heteroatoms. The number of ketones is 1. The fourth-order valence-corrected chi connectivity index (χ4v) is 4.38. The third-order valence-corrected chi connectivity index (χ3v) is 6.24. The first-order valence-corrected chi connectivity index (χ1v) is 11.2. The van der Waals surface area contributed by atoms with Crippen LogP contribution in [0.15, 0.2) is 60.7 Å². The summed E-state index contributed by atoms with van der Waals surface area (Å²) in [5, 5.41) is 0. The molecule has 1 amide bonds. The Morgan fingerprint density at radius 2 is 1.74 bits per heavy atom. The number of Topliss-reactive ketones (excluding diaryl/α,β-unsaturated/α-hetero) is 1. The lowest BCUT2D eigenvalue weighted by atomic mass is 10.1. The highest BCUT2D eigenvalue weighted by molar-refractivity contribution is 6.02. The number of methoxy groups -OCH3 is 1. The Balaban J connectivity index is 1.38. The van der Waals surface area contributed by atoms with Gasteiger partial charge in [-0.2, -0.15) is 0 Å². The first-order chi connectivity index (χ1) is 16.4. The molecule has 176 valence electrons. The molecular formula is C27H28N2O5. The number of nitrogens with zero attached hydrogens (tertiary/aromatic N) is 2. The first kappa shape index (κ1) is 23.3. The molecule has 3 aromatic rings. The summed E-state index contributed by atoms with van der Waals surface area (Å²) in [4.78, 5) is 39.6. The monoisotopic (exact) mass is 460 g/mol. The number of benzene rings is 2. The molecule has 0 unspecified atom stereocenters. The van der Waals surface area contributed by atoms with Crippen molar-refractivity contribution in [3.05, 3.63) is 83.2 Å². The van der Waals surface area contributed by atoms with Crippen molar-refractivity contribution in [2.75, 3.05) is 25.2 Å². The summed E-state index contributed by atoms with van der Waals surface area (Å²) in [6, 6.07) is 19.0. The van der Waals surface area contributed by atoms with E-state index in [9.17, 15) is 14.4 Å². The predicted molar refractivity (Wildman–Crippen MR) is 128 cm³/mol. The first-order valence-electron chi connectivity index (χ1n) is 11.2. The molecule has 1 aliphatic rings. The Morgan fingerprint density at radius 1 is 1.03 bits per heavy atom. The van der Waals surface area contributed by atoms with Crippen LogP contribution in [0.2, 0.25) is 0 Å². The van der Waals surface area contributed by atoms with Gasteiger partial charge in [-0.05, 0) is 37.6 Å². The highest BCUT2D eigenvalue weighted by Gasteiger charge is 2.37. The third-order valence-electron chi connectivity index (χ3n) is 6.24. The van der Waals surface area contributed by atoms with Crippen molar-refractivity contribution < 1.29 is 23.9 Å². The molecule has 0 N–H and O–H groups in total. The van der Waals surface area contributed by atoms with Gasteiger partial charge in [0.1, 0.15) is 5.75 Å². The maximum atomic E-state index is 12.9. The second-order valence-corrected chi connectivity index (χ2v) is 8.46. The topological polar surface area (TPSA) is 77.8 Å². The zero-order valence-corrected chi connectivity index (χ0v) is 19.6. The minimum Gasteiger partial charge on any atom is -0.495 e. The number of para-hydroxylation sites is 2. The number of rotatable bonds is 8. The lowest BCUT2D eigenvalue weighted by Gasteiger charge is -2.19. The fraction of sp³-hybridized carbons (Fsp3) is 0.296. The molecule has 1 aromatic heterocycles. The number of hydrogen-bond acceptors (Lipinski definition) is 5. The van der Waals surface area contributed by atoms with E-state index in [2.05, 4.69) is 4.57 Å². The average Bonchev–Trinajstić information content (AvgIpc) is 3.37. The van der Waals surface area contributed by atoms with Gasteiger partial charge in [-0.25, -0.2) is 0 Å². The van der Waals surface area contributed by atoms with Crippen LogP contribution in [0.1, 0.15) is 33.7 Å². The SMILES string of the molecule is COc1ccccc1N1C[C@@H](C(=O)OCC(=O)c2cc(C)n(Cc3ccccc3)c2C)CC1=O. The summed E-state index contributed by atoms with van der Waals surface area (Å²) in [6.07, 6.45) is 0.0384. The van der Waals surface area contributed by atoms with E-state index in [4.69, 9.17) is 9.47 Å². The molecule has 0 bridgehead atoms. The molecule has 1 fully saturated rings. The van der Waals surface area contributed by atoms with Crippen molar-refractivity contribution >= 4 is 23.3 Å². The molecule has 1 saturated heterocycles. The van der Waals surface area contributed by atoms with Crippen LogP contribution in [0, 0.1) is 19.8 Å². The van der Waals surface area contributed by atoms with Crippen molar-refractivity contribution in [2.45, 2.75) is 26.8 Å². The maximum Gasteiger partial charge on any atom is 0.311 e. The van der Waals surface area contributed by atoms with Gasteiger partial charge in [-0.3, -0.25) is 14.4 Å². The van der Waals surface area contributed by atoms with Crippen LogP contribution < -0.4 is 9.64 Å². The largest absolute Gasteiger partial charge is 0.495 e. The van der Waals surface area contributed by atoms with Gasteiger partial charge in [-0.1, -0.05) is 42.5 Å². The van der Waals surface area contributed by atoms with Crippen molar-refractivity contribution in [3.63, 3.8) is 0 Å². The molecule has 0 spiro atoms. The van der Waals surface area contributed by atoms with Gasteiger partial charge in [0.25, 0.3) is 0 Å². The van der Waals surface area contributed by atoms with Crippen LogP contribution in [0.3, 0.4) is 0 Å². The lowest BCUT2D eigenvalue weighted by molar-refractivity contribution is -0.147. The fourth-order valence-electron chi connectivity index (χ4n) is 4.38. The third kappa shape index (κ3) is 4.73. The van der Waals surface area contributed by atoms with Crippen LogP contribution in [-0.4, -0.2) is 42.5 Å². The van der Waals surface area contributed by atoms with Crippen LogP contribution in [-0.2, 0) is 20.9 Å². The number of anilines is 1. The smallest absolute Gasteiger partial charge is 0.311 e. The molecule has 4 rings (SSSR count). The van der Waals surface area contributed by atoms with Gasteiger partial charge in [0, 0.05) is 36.5 Å². The van der Waals surface area contributed by atoms with E-state index in [1.54, 1.807) is 12.1 Å².